The van der Waals surface area contributed by atoms with Gasteiger partial charge >= 0.3 is 0 Å². The molecule has 0 aromatic rings. The van der Waals surface area contributed by atoms with Gasteiger partial charge in [-0.15, -0.1) is 0 Å². The molecule has 0 radical (unpaired) electrons. The van der Waals surface area contributed by atoms with Gasteiger partial charge < -0.3 is 0 Å². The lowest BCUT2D eigenvalue weighted by Crippen LogP contribution is -1.90. The van der Waals surface area contributed by atoms with Crippen LogP contribution in [0.3, 0.4) is 0 Å². The summed E-state index contributed by atoms with van der Waals surface area (Å²) in [6.07, 6.45) is 14.5. The zero-order chi connectivity index (χ0) is 12.2. The summed E-state index contributed by atoms with van der Waals surface area (Å²) in [5.41, 5.74) is 0. The van der Waals surface area contributed by atoms with E-state index in [9.17, 15) is 0 Å². The summed E-state index contributed by atoms with van der Waals surface area (Å²) < 4.78 is 1.74. The first-order valence-electron chi connectivity index (χ1n) is 6.91. The van der Waals surface area contributed by atoms with E-state index in [2.05, 4.69) is 59.0 Å². The van der Waals surface area contributed by atoms with Gasteiger partial charge in [-0.05, 0) is 12.8 Å². The fourth-order valence-electron chi connectivity index (χ4n) is 1.91. The molecule has 16 heavy (non-hydrogen) atoms. The van der Waals surface area contributed by atoms with Crippen LogP contribution in [-0.2, 0) is 0 Å². The predicted molar refractivity (Wildman–Crippen MR) is 93.1 cm³/mol. The number of halogens is 2. The van der Waals surface area contributed by atoms with Crippen molar-refractivity contribution < 1.29 is 0 Å². The second-order valence-electron chi connectivity index (χ2n) is 4.97. The van der Waals surface area contributed by atoms with Crippen molar-refractivity contribution in [3.63, 3.8) is 0 Å². The molecule has 0 saturated carbocycles. The highest BCUT2D eigenvalue weighted by Gasteiger charge is 1.97. The van der Waals surface area contributed by atoms with Crippen molar-refractivity contribution in [1.82, 2.24) is 0 Å². The number of alkyl halides is 2. The van der Waals surface area contributed by atoms with Gasteiger partial charge in [-0.1, -0.05) is 110 Å². The van der Waals surface area contributed by atoms with E-state index in [0.717, 1.165) is 7.85 Å². The number of hydrogen-bond acceptors (Lipinski definition) is 0. The first-order chi connectivity index (χ1) is 7.63. The van der Waals surface area contributed by atoms with Crippen molar-refractivity contribution in [3.8, 4) is 0 Å². The Morgan fingerprint density at radius 3 is 1.06 bits per heavy atom. The van der Waals surface area contributed by atoms with E-state index < -0.39 is 0 Å². The van der Waals surface area contributed by atoms with Gasteiger partial charge in [-0.2, -0.15) is 0 Å². The Labute approximate surface area is 130 Å². The summed E-state index contributed by atoms with van der Waals surface area (Å²) in [7, 11) is 0. The van der Waals surface area contributed by atoms with Crippen molar-refractivity contribution in [2.75, 3.05) is 0 Å². The fraction of sp³-hybridized carbons (Fsp3) is 1.00. The molecule has 0 saturated heterocycles. The summed E-state index contributed by atoms with van der Waals surface area (Å²) in [5, 5.41) is 0. The summed E-state index contributed by atoms with van der Waals surface area (Å²) in [4.78, 5) is 0. The summed E-state index contributed by atoms with van der Waals surface area (Å²) in [6.45, 7) is 4.63. The zero-order valence-corrected chi connectivity index (χ0v) is 15.3. The van der Waals surface area contributed by atoms with Crippen molar-refractivity contribution in [3.05, 3.63) is 0 Å². The summed E-state index contributed by atoms with van der Waals surface area (Å²) >= 11 is 5.06. The van der Waals surface area contributed by atoms with E-state index in [4.69, 9.17) is 0 Å². The Hall–Kier alpha value is 1.46. The van der Waals surface area contributed by atoms with Gasteiger partial charge in [0.2, 0.25) is 0 Å². The molecule has 0 amide bonds. The van der Waals surface area contributed by atoms with Crippen LogP contribution < -0.4 is 0 Å². The van der Waals surface area contributed by atoms with Crippen molar-refractivity contribution >= 4 is 45.2 Å². The Balaban J connectivity index is 2.93. The van der Waals surface area contributed by atoms with Gasteiger partial charge in [0.15, 0.2) is 0 Å². The van der Waals surface area contributed by atoms with Crippen LogP contribution in [0.25, 0.3) is 0 Å². The smallest absolute Gasteiger partial charge is 0.00813 e. The molecule has 2 heteroatoms. The van der Waals surface area contributed by atoms with Gasteiger partial charge in [-0.3, -0.25) is 0 Å². The van der Waals surface area contributed by atoms with E-state index >= 15 is 0 Å². The van der Waals surface area contributed by atoms with Crippen LogP contribution in [0, 0.1) is 0 Å². The van der Waals surface area contributed by atoms with Crippen LogP contribution in [0.1, 0.15) is 78.1 Å². The average Bonchev–Trinajstić information content (AvgIpc) is 2.20. The van der Waals surface area contributed by atoms with Crippen molar-refractivity contribution in [2.45, 2.75) is 85.9 Å². The Morgan fingerprint density at radius 1 is 0.562 bits per heavy atom. The van der Waals surface area contributed by atoms with Crippen molar-refractivity contribution in [2.24, 2.45) is 0 Å². The van der Waals surface area contributed by atoms with E-state index in [-0.39, 0.29) is 0 Å². The molecule has 0 aromatic heterocycles. The number of rotatable bonds is 11. The summed E-state index contributed by atoms with van der Waals surface area (Å²) in [6, 6.07) is 0. The molecule has 0 nitrogen and oxygen atoms in total. The third-order valence-electron chi connectivity index (χ3n) is 2.95. The average molecular weight is 450 g/mol. The molecule has 98 valence electrons. The molecule has 0 aromatic carbocycles. The topological polar surface area (TPSA) is 0 Å². The van der Waals surface area contributed by atoms with E-state index in [0.29, 0.717) is 0 Å². The number of unbranched alkanes of at least 4 members (excludes halogenated alkanes) is 7. The molecule has 0 fully saturated rings. The minimum absolute atomic E-state index is 0.868. The fourth-order valence-corrected chi connectivity index (χ4v) is 2.79. The normalized spacial score (nSPS) is 15.0. The maximum absolute atomic E-state index is 2.53. The second kappa shape index (κ2) is 12.9. The van der Waals surface area contributed by atoms with Gasteiger partial charge in [0, 0.05) is 7.85 Å². The molecule has 0 rings (SSSR count). The quantitative estimate of drug-likeness (QED) is 0.191. The highest BCUT2D eigenvalue weighted by Crippen LogP contribution is 2.15. The van der Waals surface area contributed by atoms with Crippen LogP contribution >= 0.6 is 45.2 Å². The minimum Gasteiger partial charge on any atom is -0.0829 e. The van der Waals surface area contributed by atoms with E-state index in [1.165, 1.54) is 64.2 Å². The molecule has 0 aliphatic rings. The van der Waals surface area contributed by atoms with Gasteiger partial charge in [-0.25, -0.2) is 0 Å². The third kappa shape index (κ3) is 15.5. The summed E-state index contributed by atoms with van der Waals surface area (Å²) in [5.74, 6) is 0. The lowest BCUT2D eigenvalue weighted by Gasteiger charge is -2.04. The highest BCUT2D eigenvalue weighted by molar-refractivity contribution is 14.1. The molecular weight excluding hydrogens is 422 g/mol. The molecule has 0 heterocycles. The molecular formula is C14H28I2. The molecule has 0 N–H and O–H groups in total. The monoisotopic (exact) mass is 450 g/mol. The van der Waals surface area contributed by atoms with Crippen LogP contribution in [0.4, 0.5) is 0 Å². The van der Waals surface area contributed by atoms with Gasteiger partial charge in [0.25, 0.3) is 0 Å². The Kier molecular flexibility index (Phi) is 14.1. The minimum atomic E-state index is 0.868. The maximum atomic E-state index is 2.53. The lowest BCUT2D eigenvalue weighted by atomic mass is 10.1. The first-order valence-corrected chi connectivity index (χ1v) is 9.40. The zero-order valence-electron chi connectivity index (χ0n) is 11.0. The van der Waals surface area contributed by atoms with Crippen LogP contribution in [0.2, 0.25) is 0 Å². The molecule has 2 atom stereocenters. The van der Waals surface area contributed by atoms with E-state index in [1.54, 1.807) is 0 Å². The highest BCUT2D eigenvalue weighted by atomic mass is 127. The molecule has 0 bridgehead atoms. The number of hydrogen-bond donors (Lipinski definition) is 0. The van der Waals surface area contributed by atoms with Crippen LogP contribution in [0.5, 0.6) is 0 Å². The van der Waals surface area contributed by atoms with Crippen LogP contribution in [-0.4, -0.2) is 7.85 Å². The van der Waals surface area contributed by atoms with Gasteiger partial charge in [0.05, 0.1) is 0 Å². The van der Waals surface area contributed by atoms with E-state index in [1.807, 2.05) is 0 Å². The lowest BCUT2D eigenvalue weighted by molar-refractivity contribution is 0.553. The Bertz CT molecular complexity index is 117. The largest absolute Gasteiger partial charge is 0.0829 e. The predicted octanol–water partition coefficient (Wildman–Crippen LogP) is 6.53. The Morgan fingerprint density at radius 2 is 0.812 bits per heavy atom. The standard InChI is InChI=1S/C14H28I2/c1-13(15)11-9-7-5-3-4-6-8-10-12-14(2)16/h13-14H,3-12H2,1-2H3/t13-,14+. The third-order valence-corrected chi connectivity index (χ3v) is 4.20. The molecule has 0 aliphatic carbocycles. The van der Waals surface area contributed by atoms with Crippen molar-refractivity contribution in [1.29, 1.82) is 0 Å². The maximum Gasteiger partial charge on any atom is 0.00813 e. The molecule has 0 aliphatic heterocycles. The molecule has 0 spiro atoms. The first kappa shape index (κ1) is 17.5. The second-order valence-corrected chi connectivity index (χ2v) is 9.22. The van der Waals surface area contributed by atoms with Crippen LogP contribution in [0.15, 0.2) is 0 Å². The SMILES string of the molecule is C[C@H](I)CCCCCCCCCC[C@@H](C)I. The van der Waals surface area contributed by atoms with Gasteiger partial charge in [0.1, 0.15) is 0 Å². The molecule has 0 unspecified atom stereocenters.